The van der Waals surface area contributed by atoms with E-state index in [9.17, 15) is 9.59 Å². The first-order valence-electron chi connectivity index (χ1n) is 5.21. The molecule has 0 bridgehead atoms. The molecular formula is C12H10IN3O2. The summed E-state index contributed by atoms with van der Waals surface area (Å²) in [5.74, 6) is -0.120. The number of aromatic nitrogens is 2. The van der Waals surface area contributed by atoms with Crippen molar-refractivity contribution in [2.24, 2.45) is 0 Å². The molecule has 2 rings (SSSR count). The van der Waals surface area contributed by atoms with Gasteiger partial charge < -0.3 is 0 Å². The molecule has 0 aliphatic rings. The Kier molecular flexibility index (Phi) is 3.75. The van der Waals surface area contributed by atoms with Crippen LogP contribution in [0.1, 0.15) is 6.92 Å². The van der Waals surface area contributed by atoms with Gasteiger partial charge in [-0.05, 0) is 22.6 Å². The maximum Gasteiger partial charge on any atom is 0.266 e. The van der Waals surface area contributed by atoms with Gasteiger partial charge in [0.15, 0.2) is 0 Å². The van der Waals surface area contributed by atoms with E-state index in [1.165, 1.54) is 6.92 Å². The van der Waals surface area contributed by atoms with Crippen LogP contribution in [0.15, 0.2) is 35.1 Å². The van der Waals surface area contributed by atoms with Crippen molar-refractivity contribution in [1.82, 2.24) is 9.97 Å². The van der Waals surface area contributed by atoms with Crippen LogP contribution < -0.4 is 10.9 Å². The molecule has 92 valence electrons. The summed E-state index contributed by atoms with van der Waals surface area (Å²) in [6.07, 6.45) is 0. The van der Waals surface area contributed by atoms with E-state index in [-0.39, 0.29) is 17.4 Å². The average molecular weight is 355 g/mol. The fraction of sp³-hybridized carbons (Fsp3) is 0.0833. The summed E-state index contributed by atoms with van der Waals surface area (Å²) in [4.78, 5) is 29.5. The summed E-state index contributed by atoms with van der Waals surface area (Å²) >= 11 is 1.94. The van der Waals surface area contributed by atoms with Gasteiger partial charge in [0.1, 0.15) is 3.57 Å². The van der Waals surface area contributed by atoms with Gasteiger partial charge in [0.05, 0.1) is 5.69 Å². The number of hydrogen-bond acceptors (Lipinski definition) is 3. The molecule has 0 saturated carbocycles. The highest BCUT2D eigenvalue weighted by atomic mass is 127. The molecule has 0 radical (unpaired) electrons. The van der Waals surface area contributed by atoms with Crippen molar-refractivity contribution in [1.29, 1.82) is 0 Å². The number of benzene rings is 1. The molecule has 1 amide bonds. The molecule has 2 N–H and O–H groups in total. The molecule has 6 heteroatoms. The van der Waals surface area contributed by atoms with Gasteiger partial charge in [-0.15, -0.1) is 0 Å². The van der Waals surface area contributed by atoms with Crippen LogP contribution in [0.3, 0.4) is 0 Å². The number of H-pyrrole nitrogens is 1. The van der Waals surface area contributed by atoms with Crippen molar-refractivity contribution in [3.8, 4) is 11.3 Å². The maximum absolute atomic E-state index is 11.8. The third-order valence-corrected chi connectivity index (χ3v) is 3.21. The summed E-state index contributed by atoms with van der Waals surface area (Å²) in [5.41, 5.74) is 1.12. The van der Waals surface area contributed by atoms with Crippen LogP contribution in [-0.2, 0) is 4.79 Å². The Balaban J connectivity index is 2.56. The zero-order valence-electron chi connectivity index (χ0n) is 9.53. The minimum absolute atomic E-state index is 0.159. The van der Waals surface area contributed by atoms with Crippen molar-refractivity contribution in [2.45, 2.75) is 6.92 Å². The number of aromatic amines is 1. The van der Waals surface area contributed by atoms with Crippen LogP contribution in [0.25, 0.3) is 11.3 Å². The lowest BCUT2D eigenvalue weighted by Crippen LogP contribution is -2.19. The molecule has 1 aromatic carbocycles. The first-order valence-corrected chi connectivity index (χ1v) is 6.28. The fourth-order valence-corrected chi connectivity index (χ4v) is 2.04. The van der Waals surface area contributed by atoms with E-state index >= 15 is 0 Å². The molecule has 0 aliphatic carbocycles. The van der Waals surface area contributed by atoms with Crippen LogP contribution in [-0.4, -0.2) is 15.9 Å². The lowest BCUT2D eigenvalue weighted by atomic mass is 10.1. The van der Waals surface area contributed by atoms with E-state index < -0.39 is 0 Å². The van der Waals surface area contributed by atoms with Crippen molar-refractivity contribution in [3.05, 3.63) is 44.3 Å². The Bertz CT molecular complexity index is 638. The van der Waals surface area contributed by atoms with Crippen LogP contribution in [0.2, 0.25) is 0 Å². The minimum atomic E-state index is -0.279. The predicted molar refractivity (Wildman–Crippen MR) is 77.3 cm³/mol. The number of nitrogens with one attached hydrogen (secondary N) is 2. The van der Waals surface area contributed by atoms with Crippen molar-refractivity contribution in [2.75, 3.05) is 5.32 Å². The molecule has 0 fully saturated rings. The normalized spacial score (nSPS) is 10.1. The van der Waals surface area contributed by atoms with Gasteiger partial charge in [0, 0.05) is 12.5 Å². The summed E-state index contributed by atoms with van der Waals surface area (Å²) in [6, 6.07) is 9.35. The van der Waals surface area contributed by atoms with Crippen molar-refractivity contribution >= 4 is 34.4 Å². The van der Waals surface area contributed by atoms with Crippen LogP contribution in [0, 0.1) is 3.57 Å². The Morgan fingerprint density at radius 3 is 2.61 bits per heavy atom. The number of nitrogens with zero attached hydrogens (tertiary/aromatic N) is 1. The SMILES string of the molecule is CC(=O)Nc1nc(-c2ccccc2)c(I)c(=O)[nH]1. The van der Waals surface area contributed by atoms with Gasteiger partial charge in [-0.25, -0.2) is 4.98 Å². The largest absolute Gasteiger partial charge is 0.296 e. The lowest BCUT2D eigenvalue weighted by Gasteiger charge is -2.06. The summed E-state index contributed by atoms with van der Waals surface area (Å²) in [7, 11) is 0. The molecule has 0 saturated heterocycles. The molecule has 1 aromatic heterocycles. The van der Waals surface area contributed by atoms with E-state index in [2.05, 4.69) is 15.3 Å². The van der Waals surface area contributed by atoms with E-state index in [4.69, 9.17) is 0 Å². The highest BCUT2D eigenvalue weighted by Gasteiger charge is 2.11. The van der Waals surface area contributed by atoms with Gasteiger partial charge in [-0.2, -0.15) is 0 Å². The molecule has 5 nitrogen and oxygen atoms in total. The van der Waals surface area contributed by atoms with Gasteiger partial charge in [-0.3, -0.25) is 19.9 Å². The minimum Gasteiger partial charge on any atom is -0.296 e. The molecular weight excluding hydrogens is 345 g/mol. The number of rotatable bonds is 2. The second-order valence-corrected chi connectivity index (χ2v) is 4.70. The van der Waals surface area contributed by atoms with Gasteiger partial charge in [0.25, 0.3) is 5.56 Å². The lowest BCUT2D eigenvalue weighted by molar-refractivity contribution is -0.114. The van der Waals surface area contributed by atoms with Crippen molar-refractivity contribution in [3.63, 3.8) is 0 Å². The zero-order chi connectivity index (χ0) is 13.1. The second kappa shape index (κ2) is 5.30. The highest BCUT2D eigenvalue weighted by Crippen LogP contribution is 2.20. The standard InChI is InChI=1S/C12H10IN3O2/c1-7(17)14-12-15-10(9(13)11(18)16-12)8-5-3-2-4-6-8/h2-6H,1H3,(H2,14,15,16,17,18). The third-order valence-electron chi connectivity index (χ3n) is 2.20. The Labute approximate surface area is 117 Å². The van der Waals surface area contributed by atoms with Crippen LogP contribution in [0.4, 0.5) is 5.95 Å². The predicted octanol–water partition coefficient (Wildman–Crippen LogP) is 2.00. The Morgan fingerprint density at radius 1 is 1.33 bits per heavy atom. The molecule has 1 heterocycles. The van der Waals surface area contributed by atoms with Gasteiger partial charge >= 0.3 is 0 Å². The average Bonchev–Trinajstić information content (AvgIpc) is 2.34. The van der Waals surface area contributed by atoms with Crippen LogP contribution in [0.5, 0.6) is 0 Å². The smallest absolute Gasteiger partial charge is 0.266 e. The number of hydrogen-bond donors (Lipinski definition) is 2. The van der Waals surface area contributed by atoms with E-state index in [1.807, 2.05) is 52.9 Å². The van der Waals surface area contributed by atoms with E-state index in [0.717, 1.165) is 5.56 Å². The van der Waals surface area contributed by atoms with Gasteiger partial charge in [0.2, 0.25) is 11.9 Å². The van der Waals surface area contributed by atoms with E-state index in [0.29, 0.717) is 9.26 Å². The molecule has 18 heavy (non-hydrogen) atoms. The molecule has 0 atom stereocenters. The third kappa shape index (κ3) is 2.76. The first-order chi connectivity index (χ1) is 8.58. The highest BCUT2D eigenvalue weighted by molar-refractivity contribution is 14.1. The molecule has 0 aliphatic heterocycles. The summed E-state index contributed by atoms with van der Waals surface area (Å²) in [5, 5.41) is 2.47. The number of carbonyl (C=O) groups excluding carboxylic acids is 1. The van der Waals surface area contributed by atoms with Crippen molar-refractivity contribution < 1.29 is 4.79 Å². The topological polar surface area (TPSA) is 74.8 Å². The number of carbonyl (C=O) groups is 1. The molecule has 0 spiro atoms. The van der Waals surface area contributed by atoms with Crippen LogP contribution >= 0.6 is 22.6 Å². The summed E-state index contributed by atoms with van der Waals surface area (Å²) < 4.78 is 0.493. The molecule has 0 unspecified atom stereocenters. The monoisotopic (exact) mass is 355 g/mol. The number of anilines is 1. The first kappa shape index (κ1) is 12.7. The Hall–Kier alpha value is -1.70. The molecule has 2 aromatic rings. The summed E-state index contributed by atoms with van der Waals surface area (Å²) in [6.45, 7) is 1.36. The Morgan fingerprint density at radius 2 is 2.00 bits per heavy atom. The number of amides is 1. The van der Waals surface area contributed by atoms with Gasteiger partial charge in [-0.1, -0.05) is 30.3 Å². The number of halogens is 1. The fourth-order valence-electron chi connectivity index (χ4n) is 1.47. The zero-order valence-corrected chi connectivity index (χ0v) is 11.7. The quantitative estimate of drug-likeness (QED) is 0.810. The second-order valence-electron chi connectivity index (χ2n) is 3.62. The van der Waals surface area contributed by atoms with E-state index in [1.54, 1.807) is 0 Å². The maximum atomic E-state index is 11.8.